The minimum Gasteiger partial charge on any atom is -0.338 e. The van der Waals surface area contributed by atoms with Crippen molar-refractivity contribution in [3.63, 3.8) is 0 Å². The van der Waals surface area contributed by atoms with Crippen LogP contribution >= 0.6 is 11.3 Å². The van der Waals surface area contributed by atoms with E-state index in [0.717, 1.165) is 12.0 Å². The van der Waals surface area contributed by atoms with E-state index in [0.29, 0.717) is 12.0 Å². The highest BCUT2D eigenvalue weighted by molar-refractivity contribution is 7.08. The SMILES string of the molecule is C[C@H]1CCCC[C@@H]1N(C)C(=O)c1ccsc1. The standard InChI is InChI=1S/C13H19NOS/c1-10-5-3-4-6-12(10)14(2)13(15)11-7-8-16-9-11/h7-10,12H,3-6H2,1-2H3/t10-,12-/m0/s1. The lowest BCUT2D eigenvalue weighted by Gasteiger charge is -2.36. The van der Waals surface area contributed by atoms with Crippen LogP contribution in [0.2, 0.25) is 0 Å². The molecule has 2 rings (SSSR count). The summed E-state index contributed by atoms with van der Waals surface area (Å²) < 4.78 is 0. The summed E-state index contributed by atoms with van der Waals surface area (Å²) in [7, 11) is 1.95. The van der Waals surface area contributed by atoms with Crippen LogP contribution in [0.15, 0.2) is 16.8 Å². The third kappa shape index (κ3) is 2.29. The number of thiophene rings is 1. The molecule has 0 aromatic carbocycles. The second-order valence-corrected chi connectivity index (χ2v) is 5.54. The predicted molar refractivity (Wildman–Crippen MR) is 67.8 cm³/mol. The van der Waals surface area contributed by atoms with Crippen molar-refractivity contribution in [2.75, 3.05) is 7.05 Å². The maximum absolute atomic E-state index is 12.2. The Morgan fingerprint density at radius 2 is 2.19 bits per heavy atom. The summed E-state index contributed by atoms with van der Waals surface area (Å²) in [5.74, 6) is 0.821. The van der Waals surface area contributed by atoms with Crippen LogP contribution in [0.25, 0.3) is 0 Å². The number of carbonyl (C=O) groups is 1. The Morgan fingerprint density at radius 1 is 1.44 bits per heavy atom. The molecule has 1 aliphatic carbocycles. The molecule has 0 radical (unpaired) electrons. The molecule has 88 valence electrons. The lowest BCUT2D eigenvalue weighted by Crippen LogP contribution is -2.42. The van der Waals surface area contributed by atoms with Crippen LogP contribution in [-0.2, 0) is 0 Å². The molecule has 3 heteroatoms. The zero-order valence-electron chi connectivity index (χ0n) is 9.98. The summed E-state index contributed by atoms with van der Waals surface area (Å²) in [4.78, 5) is 14.1. The summed E-state index contributed by atoms with van der Waals surface area (Å²) in [6, 6.07) is 2.35. The van der Waals surface area contributed by atoms with E-state index >= 15 is 0 Å². The van der Waals surface area contributed by atoms with Crippen LogP contribution in [-0.4, -0.2) is 23.9 Å². The highest BCUT2D eigenvalue weighted by Crippen LogP contribution is 2.28. The van der Waals surface area contributed by atoms with Gasteiger partial charge < -0.3 is 4.90 Å². The van der Waals surface area contributed by atoms with Gasteiger partial charge in [-0.25, -0.2) is 0 Å². The van der Waals surface area contributed by atoms with Crippen molar-refractivity contribution < 1.29 is 4.79 Å². The summed E-state index contributed by atoms with van der Waals surface area (Å²) in [6.07, 6.45) is 4.99. The second-order valence-electron chi connectivity index (χ2n) is 4.76. The van der Waals surface area contributed by atoms with E-state index in [1.165, 1.54) is 19.3 Å². The number of hydrogen-bond acceptors (Lipinski definition) is 2. The Labute approximate surface area is 101 Å². The van der Waals surface area contributed by atoms with Crippen molar-refractivity contribution in [2.45, 2.75) is 38.6 Å². The van der Waals surface area contributed by atoms with Crippen LogP contribution in [0, 0.1) is 5.92 Å². The Balaban J connectivity index is 2.06. The first-order chi connectivity index (χ1) is 7.70. The Morgan fingerprint density at radius 3 is 2.81 bits per heavy atom. The molecule has 1 aromatic rings. The molecule has 0 bridgehead atoms. The van der Waals surface area contributed by atoms with Gasteiger partial charge in [-0.3, -0.25) is 4.79 Å². The zero-order valence-corrected chi connectivity index (χ0v) is 10.8. The fourth-order valence-electron chi connectivity index (χ4n) is 2.61. The summed E-state index contributed by atoms with van der Waals surface area (Å²) in [5.41, 5.74) is 0.838. The van der Waals surface area contributed by atoms with E-state index in [1.54, 1.807) is 11.3 Å². The van der Waals surface area contributed by atoms with Gasteiger partial charge in [0.1, 0.15) is 0 Å². The van der Waals surface area contributed by atoms with Gasteiger partial charge in [0.25, 0.3) is 5.91 Å². The molecule has 1 amide bonds. The van der Waals surface area contributed by atoms with E-state index < -0.39 is 0 Å². The van der Waals surface area contributed by atoms with Crippen LogP contribution in [0.3, 0.4) is 0 Å². The molecule has 1 aromatic heterocycles. The fourth-order valence-corrected chi connectivity index (χ4v) is 3.24. The number of amides is 1. The molecule has 0 saturated heterocycles. The average molecular weight is 237 g/mol. The first-order valence-electron chi connectivity index (χ1n) is 5.99. The third-order valence-corrected chi connectivity index (χ3v) is 4.34. The molecule has 0 aliphatic heterocycles. The van der Waals surface area contributed by atoms with Crippen molar-refractivity contribution >= 4 is 17.2 Å². The maximum Gasteiger partial charge on any atom is 0.254 e. The van der Waals surface area contributed by atoms with E-state index in [1.807, 2.05) is 28.8 Å². The van der Waals surface area contributed by atoms with Crippen molar-refractivity contribution in [3.8, 4) is 0 Å². The van der Waals surface area contributed by atoms with Gasteiger partial charge in [-0.15, -0.1) is 0 Å². The average Bonchev–Trinajstić information content (AvgIpc) is 2.81. The van der Waals surface area contributed by atoms with Crippen molar-refractivity contribution in [1.82, 2.24) is 4.90 Å². The monoisotopic (exact) mass is 237 g/mol. The lowest BCUT2D eigenvalue weighted by molar-refractivity contribution is 0.0629. The highest BCUT2D eigenvalue weighted by Gasteiger charge is 2.28. The van der Waals surface area contributed by atoms with Crippen LogP contribution < -0.4 is 0 Å². The number of rotatable bonds is 2. The fraction of sp³-hybridized carbons (Fsp3) is 0.615. The molecule has 1 saturated carbocycles. The molecule has 0 N–H and O–H groups in total. The molecule has 0 spiro atoms. The Hall–Kier alpha value is -0.830. The van der Waals surface area contributed by atoms with Gasteiger partial charge in [-0.05, 0) is 30.2 Å². The number of hydrogen-bond donors (Lipinski definition) is 0. The molecule has 2 nitrogen and oxygen atoms in total. The van der Waals surface area contributed by atoms with Gasteiger partial charge in [0.05, 0.1) is 5.56 Å². The van der Waals surface area contributed by atoms with Gasteiger partial charge in [0.2, 0.25) is 0 Å². The maximum atomic E-state index is 12.2. The van der Waals surface area contributed by atoms with Crippen LogP contribution in [0.1, 0.15) is 43.0 Å². The lowest BCUT2D eigenvalue weighted by atomic mass is 9.85. The molecular weight excluding hydrogens is 218 g/mol. The molecule has 1 aliphatic rings. The van der Waals surface area contributed by atoms with Gasteiger partial charge in [-0.2, -0.15) is 11.3 Å². The minimum atomic E-state index is 0.181. The van der Waals surface area contributed by atoms with Crippen molar-refractivity contribution in [1.29, 1.82) is 0 Å². The molecule has 2 atom stereocenters. The van der Waals surface area contributed by atoms with Gasteiger partial charge in [-0.1, -0.05) is 19.8 Å². The summed E-state index contributed by atoms with van der Waals surface area (Å²) in [6.45, 7) is 2.27. The van der Waals surface area contributed by atoms with Gasteiger partial charge in [0.15, 0.2) is 0 Å². The van der Waals surface area contributed by atoms with Crippen molar-refractivity contribution in [3.05, 3.63) is 22.4 Å². The summed E-state index contributed by atoms with van der Waals surface area (Å²) >= 11 is 1.59. The molecule has 1 heterocycles. The third-order valence-electron chi connectivity index (χ3n) is 3.65. The van der Waals surface area contributed by atoms with E-state index in [-0.39, 0.29) is 5.91 Å². The number of carbonyl (C=O) groups excluding carboxylic acids is 1. The Bertz CT molecular complexity index is 347. The van der Waals surface area contributed by atoms with Crippen LogP contribution in [0.4, 0.5) is 0 Å². The van der Waals surface area contributed by atoms with E-state index in [4.69, 9.17) is 0 Å². The Kier molecular flexibility index (Phi) is 3.64. The van der Waals surface area contributed by atoms with Crippen LogP contribution in [0.5, 0.6) is 0 Å². The first-order valence-corrected chi connectivity index (χ1v) is 6.94. The summed E-state index contributed by atoms with van der Waals surface area (Å²) in [5, 5.41) is 3.90. The van der Waals surface area contributed by atoms with E-state index in [9.17, 15) is 4.79 Å². The smallest absolute Gasteiger partial charge is 0.254 e. The predicted octanol–water partition coefficient (Wildman–Crippen LogP) is 3.40. The second kappa shape index (κ2) is 5.00. The quantitative estimate of drug-likeness (QED) is 0.772. The van der Waals surface area contributed by atoms with Gasteiger partial charge in [0, 0.05) is 18.5 Å². The molecular formula is C13H19NOS. The normalized spacial score (nSPS) is 25.4. The first kappa shape index (κ1) is 11.6. The molecule has 16 heavy (non-hydrogen) atoms. The number of nitrogens with zero attached hydrogens (tertiary/aromatic N) is 1. The highest BCUT2D eigenvalue weighted by atomic mass is 32.1. The molecule has 0 unspecified atom stereocenters. The molecule has 1 fully saturated rings. The topological polar surface area (TPSA) is 20.3 Å². The minimum absolute atomic E-state index is 0.181. The van der Waals surface area contributed by atoms with Gasteiger partial charge >= 0.3 is 0 Å². The van der Waals surface area contributed by atoms with Crippen molar-refractivity contribution in [2.24, 2.45) is 5.92 Å². The largest absolute Gasteiger partial charge is 0.338 e. The van der Waals surface area contributed by atoms with E-state index in [2.05, 4.69) is 6.92 Å². The zero-order chi connectivity index (χ0) is 11.5.